The highest BCUT2D eigenvalue weighted by molar-refractivity contribution is 7.13. The third kappa shape index (κ3) is 4.11. The molecular weight excluding hydrogens is 310 g/mol. The van der Waals surface area contributed by atoms with E-state index in [1.165, 1.54) is 19.4 Å². The summed E-state index contributed by atoms with van der Waals surface area (Å²) in [5.74, 6) is 1.11. The minimum absolute atomic E-state index is 0.426. The zero-order valence-corrected chi connectivity index (χ0v) is 14.2. The van der Waals surface area contributed by atoms with Gasteiger partial charge in [0.1, 0.15) is 12.0 Å². The number of hydrogen-bond donors (Lipinski definition) is 2. The molecule has 23 heavy (non-hydrogen) atoms. The van der Waals surface area contributed by atoms with Crippen LogP contribution in [0.2, 0.25) is 0 Å². The molecule has 0 amide bonds. The number of guanidine groups is 1. The minimum atomic E-state index is 0.426. The summed E-state index contributed by atoms with van der Waals surface area (Å²) < 4.78 is 5.47. The van der Waals surface area contributed by atoms with E-state index in [2.05, 4.69) is 27.1 Å². The summed E-state index contributed by atoms with van der Waals surface area (Å²) in [7, 11) is 0. The molecule has 1 fully saturated rings. The molecule has 1 saturated heterocycles. The summed E-state index contributed by atoms with van der Waals surface area (Å²) in [6.07, 6.45) is 4.13. The van der Waals surface area contributed by atoms with E-state index < -0.39 is 0 Å². The highest BCUT2D eigenvalue weighted by atomic mass is 32.1. The van der Waals surface area contributed by atoms with Crippen LogP contribution in [0.1, 0.15) is 25.5 Å². The first kappa shape index (κ1) is 16.0. The highest BCUT2D eigenvalue weighted by Crippen LogP contribution is 2.23. The zero-order chi connectivity index (χ0) is 16.1. The summed E-state index contributed by atoms with van der Waals surface area (Å²) >= 11 is 1.60. The van der Waals surface area contributed by atoms with E-state index >= 15 is 0 Å². The van der Waals surface area contributed by atoms with Gasteiger partial charge < -0.3 is 15.5 Å². The number of nitrogens with one attached hydrogen (secondary N) is 1. The molecule has 0 aromatic carbocycles. The van der Waals surface area contributed by atoms with Crippen molar-refractivity contribution in [2.45, 2.75) is 32.4 Å². The lowest BCUT2D eigenvalue weighted by atomic mass is 10.2. The molecule has 0 radical (unpaired) electrons. The van der Waals surface area contributed by atoms with Crippen molar-refractivity contribution in [1.29, 1.82) is 0 Å². The number of aliphatic imine (C=N–C) groups is 1. The Balaban J connectivity index is 1.49. The first-order valence-electron chi connectivity index (χ1n) is 8.02. The summed E-state index contributed by atoms with van der Waals surface area (Å²) in [6.45, 7) is 5.75. The molecule has 3 heterocycles. The second-order valence-corrected chi connectivity index (χ2v) is 6.58. The van der Waals surface area contributed by atoms with Gasteiger partial charge in [-0.1, -0.05) is 13.0 Å². The van der Waals surface area contributed by atoms with Crippen LogP contribution < -0.4 is 11.1 Å². The van der Waals surface area contributed by atoms with Gasteiger partial charge in [0.15, 0.2) is 5.96 Å². The first-order valence-corrected chi connectivity index (χ1v) is 8.90. The van der Waals surface area contributed by atoms with Crippen molar-refractivity contribution in [3.8, 4) is 10.8 Å². The second-order valence-electron chi connectivity index (χ2n) is 5.63. The van der Waals surface area contributed by atoms with E-state index in [-0.39, 0.29) is 0 Å². The molecule has 3 rings (SSSR count). The topological polar surface area (TPSA) is 79.7 Å². The summed E-state index contributed by atoms with van der Waals surface area (Å²) in [5, 5.41) is 5.23. The monoisotopic (exact) mass is 333 g/mol. The number of nitrogens with zero attached hydrogens (tertiary/aromatic N) is 3. The molecule has 7 heteroatoms. The van der Waals surface area contributed by atoms with Crippen LogP contribution in [0.3, 0.4) is 0 Å². The Bertz CT molecular complexity index is 637. The Morgan fingerprint density at radius 3 is 3.30 bits per heavy atom. The molecular formula is C16H23N5OS. The number of hydrogen-bond acceptors (Lipinski definition) is 5. The van der Waals surface area contributed by atoms with Crippen LogP contribution in [0, 0.1) is 0 Å². The minimum Gasteiger partial charge on any atom is -0.443 e. The van der Waals surface area contributed by atoms with Crippen LogP contribution in [-0.4, -0.2) is 41.5 Å². The Morgan fingerprint density at radius 2 is 2.52 bits per heavy atom. The molecule has 3 N–H and O–H groups in total. The number of nitrogens with two attached hydrogens (primary N) is 1. The van der Waals surface area contributed by atoms with Gasteiger partial charge in [-0.25, -0.2) is 9.98 Å². The van der Waals surface area contributed by atoms with E-state index in [1.807, 2.05) is 17.5 Å². The average molecular weight is 333 g/mol. The SMILES string of the molecule is CCN1CCCC1CNC(N)=NCc1coc(-c2cccs2)n1. The molecule has 0 bridgehead atoms. The summed E-state index contributed by atoms with van der Waals surface area (Å²) in [5.41, 5.74) is 6.74. The van der Waals surface area contributed by atoms with Crippen molar-refractivity contribution in [2.24, 2.45) is 10.7 Å². The van der Waals surface area contributed by atoms with Crippen molar-refractivity contribution < 1.29 is 4.42 Å². The molecule has 1 aliphatic rings. The molecule has 124 valence electrons. The Hall–Kier alpha value is -1.86. The molecule has 1 unspecified atom stereocenters. The molecule has 6 nitrogen and oxygen atoms in total. The molecule has 0 spiro atoms. The van der Waals surface area contributed by atoms with E-state index in [4.69, 9.17) is 10.2 Å². The number of likely N-dealkylation sites (N-methyl/N-ethyl adjacent to an activating group) is 1. The first-order chi connectivity index (χ1) is 11.3. The Labute approximate surface area is 140 Å². The molecule has 0 aliphatic carbocycles. The van der Waals surface area contributed by atoms with Crippen molar-refractivity contribution >= 4 is 17.3 Å². The van der Waals surface area contributed by atoms with E-state index in [1.54, 1.807) is 17.6 Å². The van der Waals surface area contributed by atoms with Crippen molar-refractivity contribution in [1.82, 2.24) is 15.2 Å². The van der Waals surface area contributed by atoms with Gasteiger partial charge in [-0.3, -0.25) is 4.90 Å². The fourth-order valence-corrected chi connectivity index (χ4v) is 3.54. The quantitative estimate of drug-likeness (QED) is 0.626. The third-order valence-corrected chi connectivity index (χ3v) is 4.98. The maximum Gasteiger partial charge on any atom is 0.236 e. The predicted octanol–water partition coefficient (Wildman–Crippen LogP) is 2.29. The molecule has 1 aliphatic heterocycles. The summed E-state index contributed by atoms with van der Waals surface area (Å²) in [6, 6.07) is 4.53. The largest absolute Gasteiger partial charge is 0.443 e. The Kier molecular flexibility index (Phi) is 5.30. The van der Waals surface area contributed by atoms with Crippen LogP contribution in [0.4, 0.5) is 0 Å². The van der Waals surface area contributed by atoms with Gasteiger partial charge in [-0.05, 0) is 37.4 Å². The smallest absolute Gasteiger partial charge is 0.236 e. The Morgan fingerprint density at radius 1 is 1.61 bits per heavy atom. The van der Waals surface area contributed by atoms with E-state index in [9.17, 15) is 0 Å². The van der Waals surface area contributed by atoms with Crippen LogP contribution in [0.5, 0.6) is 0 Å². The number of aromatic nitrogens is 1. The maximum atomic E-state index is 5.95. The third-order valence-electron chi connectivity index (χ3n) is 4.12. The van der Waals surface area contributed by atoms with Crippen molar-refractivity contribution in [2.75, 3.05) is 19.6 Å². The molecule has 2 aromatic rings. The predicted molar refractivity (Wildman–Crippen MR) is 93.4 cm³/mol. The van der Waals surface area contributed by atoms with Gasteiger partial charge in [0.25, 0.3) is 0 Å². The van der Waals surface area contributed by atoms with Crippen LogP contribution in [-0.2, 0) is 6.54 Å². The zero-order valence-electron chi connectivity index (χ0n) is 13.4. The molecule has 2 aromatic heterocycles. The highest BCUT2D eigenvalue weighted by Gasteiger charge is 2.22. The van der Waals surface area contributed by atoms with Gasteiger partial charge >= 0.3 is 0 Å². The van der Waals surface area contributed by atoms with Crippen LogP contribution in [0.15, 0.2) is 33.2 Å². The standard InChI is InChI=1S/C16H23N5OS/c1-2-21-7-3-5-13(21)10-19-16(17)18-9-12-11-22-15(20-12)14-6-4-8-23-14/h4,6,8,11,13H,2-3,5,7,9-10H2,1H3,(H3,17,18,19). The van der Waals surface area contributed by atoms with E-state index in [0.717, 1.165) is 23.7 Å². The number of oxazole rings is 1. The fourth-order valence-electron chi connectivity index (χ4n) is 2.88. The lowest BCUT2D eigenvalue weighted by Gasteiger charge is -2.23. The average Bonchev–Trinajstić information content (AvgIpc) is 3.31. The van der Waals surface area contributed by atoms with Gasteiger partial charge in [-0.2, -0.15) is 0 Å². The fraction of sp³-hybridized carbons (Fsp3) is 0.500. The van der Waals surface area contributed by atoms with Crippen molar-refractivity contribution in [3.63, 3.8) is 0 Å². The molecule has 0 saturated carbocycles. The number of rotatable bonds is 6. The molecule has 1 atom stereocenters. The van der Waals surface area contributed by atoms with Gasteiger partial charge in [0.2, 0.25) is 5.89 Å². The van der Waals surface area contributed by atoms with Crippen molar-refractivity contribution in [3.05, 3.63) is 29.5 Å². The lowest BCUT2D eigenvalue weighted by molar-refractivity contribution is 0.267. The van der Waals surface area contributed by atoms with Gasteiger partial charge in [0.05, 0.1) is 11.4 Å². The van der Waals surface area contributed by atoms with Crippen LogP contribution >= 0.6 is 11.3 Å². The van der Waals surface area contributed by atoms with Crippen LogP contribution in [0.25, 0.3) is 10.8 Å². The second kappa shape index (κ2) is 7.61. The normalized spacial score (nSPS) is 19.3. The number of thiophene rings is 1. The lowest BCUT2D eigenvalue weighted by Crippen LogP contribution is -2.42. The summed E-state index contributed by atoms with van der Waals surface area (Å²) in [4.78, 5) is 12.3. The van der Waals surface area contributed by atoms with Gasteiger partial charge in [0, 0.05) is 12.6 Å². The maximum absolute atomic E-state index is 5.95. The number of likely N-dealkylation sites (tertiary alicyclic amines) is 1. The van der Waals surface area contributed by atoms with E-state index in [0.29, 0.717) is 24.4 Å². The van der Waals surface area contributed by atoms with Gasteiger partial charge in [-0.15, -0.1) is 11.3 Å².